The van der Waals surface area contributed by atoms with Gasteiger partial charge in [0, 0.05) is 12.6 Å². The third kappa shape index (κ3) is 2.77. The minimum Gasteiger partial charge on any atom is -0.508 e. The molecule has 0 radical (unpaired) electrons. The Morgan fingerprint density at radius 1 is 1.35 bits per heavy atom. The molecule has 1 amide bonds. The number of aromatic hydroxyl groups is 1. The van der Waals surface area contributed by atoms with Gasteiger partial charge in [0.1, 0.15) is 11.4 Å². The van der Waals surface area contributed by atoms with E-state index in [1.54, 1.807) is 19.1 Å². The molecular weight excluding hydrogens is 259 g/mol. The summed E-state index contributed by atoms with van der Waals surface area (Å²) < 4.78 is 13.1. The number of hydrogen-bond donors (Lipinski definition) is 1. The number of halogens is 1. The van der Waals surface area contributed by atoms with E-state index < -0.39 is 11.9 Å². The average Bonchev–Trinajstić information content (AvgIpc) is 2.43. The number of carbonyl (C=O) groups excluding carboxylic acids is 1. The van der Waals surface area contributed by atoms with Crippen LogP contribution in [-0.2, 0) is 0 Å². The lowest BCUT2D eigenvalue weighted by Gasteiger charge is -2.22. The van der Waals surface area contributed by atoms with Crippen molar-refractivity contribution in [3.8, 4) is 5.75 Å². The highest BCUT2D eigenvalue weighted by atomic mass is 19.1. The van der Waals surface area contributed by atoms with Crippen LogP contribution in [0.15, 0.2) is 36.4 Å². The van der Waals surface area contributed by atoms with Crippen molar-refractivity contribution in [3.05, 3.63) is 53.6 Å². The zero-order chi connectivity index (χ0) is 14.7. The van der Waals surface area contributed by atoms with Crippen molar-refractivity contribution in [2.45, 2.75) is 13.8 Å². The largest absolute Gasteiger partial charge is 0.508 e. The van der Waals surface area contributed by atoms with E-state index in [2.05, 4.69) is 4.98 Å². The molecule has 0 aliphatic heterocycles. The summed E-state index contributed by atoms with van der Waals surface area (Å²) in [7, 11) is 0. The van der Waals surface area contributed by atoms with Crippen LogP contribution in [0.3, 0.4) is 0 Å². The minimum absolute atomic E-state index is 0.0367. The van der Waals surface area contributed by atoms with Crippen LogP contribution in [0.25, 0.3) is 0 Å². The fourth-order valence-corrected chi connectivity index (χ4v) is 1.98. The molecule has 2 aromatic rings. The molecule has 1 aromatic heterocycles. The molecule has 0 aliphatic carbocycles. The fraction of sp³-hybridized carbons (Fsp3) is 0.200. The van der Waals surface area contributed by atoms with Crippen LogP contribution >= 0.6 is 0 Å². The molecule has 1 heterocycles. The van der Waals surface area contributed by atoms with Gasteiger partial charge in [-0.1, -0.05) is 12.1 Å². The van der Waals surface area contributed by atoms with Crippen molar-refractivity contribution in [3.63, 3.8) is 0 Å². The Morgan fingerprint density at radius 3 is 2.75 bits per heavy atom. The number of phenolic OH excluding ortho intramolecular Hbond substituents is 1. The summed E-state index contributed by atoms with van der Waals surface area (Å²) in [5.74, 6) is -1.02. The SMILES string of the molecule is CCN(C(=O)c1cccc(F)n1)c1cc(O)ccc1C. The molecule has 0 atom stereocenters. The fourth-order valence-electron chi connectivity index (χ4n) is 1.98. The summed E-state index contributed by atoms with van der Waals surface area (Å²) in [6, 6.07) is 8.88. The molecule has 0 saturated heterocycles. The van der Waals surface area contributed by atoms with Gasteiger partial charge < -0.3 is 10.0 Å². The Bertz CT molecular complexity index is 644. The van der Waals surface area contributed by atoms with Crippen molar-refractivity contribution in [1.29, 1.82) is 0 Å². The van der Waals surface area contributed by atoms with E-state index in [0.717, 1.165) is 5.56 Å². The number of rotatable bonds is 3. The van der Waals surface area contributed by atoms with Crippen LogP contribution in [0.2, 0.25) is 0 Å². The van der Waals surface area contributed by atoms with Crippen molar-refractivity contribution in [2.24, 2.45) is 0 Å². The van der Waals surface area contributed by atoms with E-state index in [9.17, 15) is 14.3 Å². The standard InChI is InChI=1S/C15H15FN2O2/c1-3-18(13-9-11(19)8-7-10(13)2)15(20)12-5-4-6-14(16)17-12/h4-9,19H,3H2,1-2H3. The first-order valence-corrected chi connectivity index (χ1v) is 6.27. The van der Waals surface area contributed by atoms with Crippen LogP contribution in [-0.4, -0.2) is 22.5 Å². The number of hydrogen-bond acceptors (Lipinski definition) is 3. The zero-order valence-electron chi connectivity index (χ0n) is 11.3. The number of aryl methyl sites for hydroxylation is 1. The maximum Gasteiger partial charge on any atom is 0.276 e. The number of anilines is 1. The molecule has 1 aromatic carbocycles. The molecule has 1 N–H and O–H groups in total. The maximum absolute atomic E-state index is 13.1. The van der Waals surface area contributed by atoms with E-state index in [1.807, 2.05) is 6.92 Å². The molecular formula is C15H15FN2O2. The van der Waals surface area contributed by atoms with Gasteiger partial charge >= 0.3 is 0 Å². The number of carbonyl (C=O) groups is 1. The van der Waals surface area contributed by atoms with E-state index in [1.165, 1.54) is 29.2 Å². The van der Waals surface area contributed by atoms with Crippen LogP contribution in [0.5, 0.6) is 5.75 Å². The lowest BCUT2D eigenvalue weighted by molar-refractivity contribution is 0.0982. The summed E-state index contributed by atoms with van der Waals surface area (Å²) >= 11 is 0. The quantitative estimate of drug-likeness (QED) is 0.876. The van der Waals surface area contributed by atoms with Gasteiger partial charge in [0.25, 0.3) is 5.91 Å². The molecule has 0 unspecified atom stereocenters. The first-order chi connectivity index (χ1) is 9.52. The second-order valence-electron chi connectivity index (χ2n) is 4.37. The molecule has 0 spiro atoms. The van der Waals surface area contributed by atoms with Gasteiger partial charge in [-0.15, -0.1) is 0 Å². The first-order valence-electron chi connectivity index (χ1n) is 6.27. The van der Waals surface area contributed by atoms with Gasteiger partial charge in [-0.2, -0.15) is 4.39 Å². The number of pyridine rings is 1. The lowest BCUT2D eigenvalue weighted by Crippen LogP contribution is -2.32. The molecule has 104 valence electrons. The van der Waals surface area contributed by atoms with E-state index in [-0.39, 0.29) is 11.4 Å². The Labute approximate surface area is 116 Å². The maximum atomic E-state index is 13.1. The second-order valence-corrected chi connectivity index (χ2v) is 4.37. The summed E-state index contributed by atoms with van der Waals surface area (Å²) in [6.07, 6.45) is 0. The number of amides is 1. The molecule has 2 rings (SSSR count). The Hall–Kier alpha value is -2.43. The lowest BCUT2D eigenvalue weighted by atomic mass is 10.1. The van der Waals surface area contributed by atoms with Gasteiger partial charge in [-0.05, 0) is 37.6 Å². The summed E-state index contributed by atoms with van der Waals surface area (Å²) in [4.78, 5) is 17.5. The average molecular weight is 274 g/mol. The van der Waals surface area contributed by atoms with E-state index >= 15 is 0 Å². The number of nitrogens with zero attached hydrogens (tertiary/aromatic N) is 2. The highest BCUT2D eigenvalue weighted by Crippen LogP contribution is 2.26. The van der Waals surface area contributed by atoms with E-state index in [0.29, 0.717) is 12.2 Å². The smallest absolute Gasteiger partial charge is 0.276 e. The van der Waals surface area contributed by atoms with Gasteiger partial charge in [-0.3, -0.25) is 4.79 Å². The topological polar surface area (TPSA) is 53.4 Å². The van der Waals surface area contributed by atoms with Crippen molar-refractivity contribution in [1.82, 2.24) is 4.98 Å². The highest BCUT2D eigenvalue weighted by molar-refractivity contribution is 6.05. The molecule has 20 heavy (non-hydrogen) atoms. The summed E-state index contributed by atoms with van der Waals surface area (Å²) in [5, 5.41) is 9.56. The van der Waals surface area contributed by atoms with Crippen LogP contribution in [0.4, 0.5) is 10.1 Å². The summed E-state index contributed by atoms with van der Waals surface area (Å²) in [6.45, 7) is 4.03. The number of benzene rings is 1. The predicted octanol–water partition coefficient (Wildman–Crippen LogP) is 2.90. The molecule has 0 bridgehead atoms. The third-order valence-electron chi connectivity index (χ3n) is 2.98. The Balaban J connectivity index is 2.42. The second kappa shape index (κ2) is 5.69. The van der Waals surface area contributed by atoms with Crippen LogP contribution in [0, 0.1) is 12.9 Å². The first kappa shape index (κ1) is 14.0. The van der Waals surface area contributed by atoms with Gasteiger partial charge in [-0.25, -0.2) is 4.98 Å². The molecule has 0 aliphatic rings. The Morgan fingerprint density at radius 2 is 2.10 bits per heavy atom. The third-order valence-corrected chi connectivity index (χ3v) is 2.98. The molecule has 0 saturated carbocycles. The van der Waals surface area contributed by atoms with Crippen molar-refractivity contribution in [2.75, 3.05) is 11.4 Å². The molecule has 4 nitrogen and oxygen atoms in total. The van der Waals surface area contributed by atoms with Gasteiger partial charge in [0.2, 0.25) is 5.95 Å². The number of phenols is 1. The normalized spacial score (nSPS) is 10.3. The number of aromatic nitrogens is 1. The minimum atomic E-state index is -0.695. The van der Waals surface area contributed by atoms with Crippen molar-refractivity contribution < 1.29 is 14.3 Å². The van der Waals surface area contributed by atoms with E-state index in [4.69, 9.17) is 0 Å². The van der Waals surface area contributed by atoms with Crippen LogP contribution in [0.1, 0.15) is 23.0 Å². The molecule has 5 heteroatoms. The highest BCUT2D eigenvalue weighted by Gasteiger charge is 2.19. The van der Waals surface area contributed by atoms with Gasteiger partial charge in [0.15, 0.2) is 0 Å². The molecule has 0 fully saturated rings. The Kier molecular flexibility index (Phi) is 3.98. The zero-order valence-corrected chi connectivity index (χ0v) is 11.3. The predicted molar refractivity (Wildman–Crippen MR) is 74.4 cm³/mol. The van der Waals surface area contributed by atoms with Gasteiger partial charge in [0.05, 0.1) is 5.69 Å². The summed E-state index contributed by atoms with van der Waals surface area (Å²) in [5.41, 5.74) is 1.47. The van der Waals surface area contributed by atoms with Crippen LogP contribution < -0.4 is 4.90 Å². The monoisotopic (exact) mass is 274 g/mol. The van der Waals surface area contributed by atoms with Crippen molar-refractivity contribution >= 4 is 11.6 Å².